The van der Waals surface area contributed by atoms with E-state index in [9.17, 15) is 4.79 Å². The Labute approximate surface area is 192 Å². The van der Waals surface area contributed by atoms with E-state index in [1.54, 1.807) is 14.2 Å². The standard InChI is InChI=1S/C21H36N4O3.HI/c1-15-9-10-16(13-17(15)27-8)11-12-23-18(22-7)24-14-21(5,6)25-19(26)28-20(2,3)4;/h9-10,13H,11-12,14H2,1-8H3,(H,25,26)(H2,22,23,24);1H. The summed E-state index contributed by atoms with van der Waals surface area (Å²) in [5, 5.41) is 9.40. The van der Waals surface area contributed by atoms with Gasteiger partial charge in [0.2, 0.25) is 0 Å². The fraction of sp³-hybridized carbons (Fsp3) is 0.619. The third-order valence-corrected chi connectivity index (χ3v) is 3.94. The number of rotatable bonds is 7. The van der Waals surface area contributed by atoms with E-state index in [1.165, 1.54) is 5.56 Å². The maximum Gasteiger partial charge on any atom is 0.408 e. The minimum absolute atomic E-state index is 0. The monoisotopic (exact) mass is 520 g/mol. The zero-order chi connectivity index (χ0) is 21.4. The van der Waals surface area contributed by atoms with Crippen molar-refractivity contribution in [2.75, 3.05) is 27.2 Å². The van der Waals surface area contributed by atoms with E-state index < -0.39 is 17.2 Å². The molecule has 1 aromatic rings. The quantitative estimate of drug-likeness (QED) is 0.291. The largest absolute Gasteiger partial charge is 0.496 e. The molecule has 1 amide bonds. The van der Waals surface area contributed by atoms with Crippen LogP contribution in [0.2, 0.25) is 0 Å². The molecule has 1 rings (SSSR count). The number of aryl methyl sites for hydroxylation is 1. The highest BCUT2D eigenvalue weighted by Crippen LogP contribution is 2.19. The van der Waals surface area contributed by atoms with Crippen LogP contribution in [0.25, 0.3) is 0 Å². The number of amides is 1. The number of nitrogens with zero attached hydrogens (tertiary/aromatic N) is 1. The number of hydrogen-bond donors (Lipinski definition) is 3. The van der Waals surface area contributed by atoms with Crippen molar-refractivity contribution in [1.29, 1.82) is 0 Å². The number of nitrogens with one attached hydrogen (secondary N) is 3. The van der Waals surface area contributed by atoms with Crippen molar-refractivity contribution >= 4 is 36.0 Å². The lowest BCUT2D eigenvalue weighted by Gasteiger charge is -2.29. The third kappa shape index (κ3) is 11.2. The van der Waals surface area contributed by atoms with Gasteiger partial charge in [0.25, 0.3) is 0 Å². The van der Waals surface area contributed by atoms with Crippen molar-refractivity contribution in [3.63, 3.8) is 0 Å². The molecule has 0 radical (unpaired) electrons. The lowest BCUT2D eigenvalue weighted by atomic mass is 10.1. The molecule has 0 unspecified atom stereocenters. The second-order valence-electron chi connectivity index (χ2n) is 8.42. The van der Waals surface area contributed by atoms with Crippen LogP contribution in [0.15, 0.2) is 23.2 Å². The molecule has 3 N–H and O–H groups in total. The van der Waals surface area contributed by atoms with E-state index >= 15 is 0 Å². The first-order valence-corrected chi connectivity index (χ1v) is 9.55. The van der Waals surface area contributed by atoms with Gasteiger partial charge in [0.05, 0.1) is 12.6 Å². The predicted molar refractivity (Wildman–Crippen MR) is 130 cm³/mol. The first-order valence-electron chi connectivity index (χ1n) is 9.55. The van der Waals surface area contributed by atoms with Crippen LogP contribution in [0, 0.1) is 6.92 Å². The summed E-state index contributed by atoms with van der Waals surface area (Å²) in [5.41, 5.74) is 1.29. The number of hydrogen-bond acceptors (Lipinski definition) is 4. The van der Waals surface area contributed by atoms with Crippen LogP contribution in [-0.2, 0) is 11.2 Å². The first-order chi connectivity index (χ1) is 13.0. The van der Waals surface area contributed by atoms with Crippen LogP contribution >= 0.6 is 24.0 Å². The maximum absolute atomic E-state index is 12.0. The SMILES string of the molecule is CN=C(NCCc1ccc(C)c(OC)c1)NCC(C)(C)NC(=O)OC(C)(C)C.I. The Morgan fingerprint density at radius 2 is 1.79 bits per heavy atom. The molecular weight excluding hydrogens is 483 g/mol. The third-order valence-electron chi connectivity index (χ3n) is 3.94. The van der Waals surface area contributed by atoms with Crippen molar-refractivity contribution in [2.45, 2.75) is 59.1 Å². The molecule has 8 heteroatoms. The number of alkyl carbamates (subject to hydrolysis) is 1. The number of benzene rings is 1. The van der Waals surface area contributed by atoms with Gasteiger partial charge < -0.3 is 25.4 Å². The molecule has 7 nitrogen and oxygen atoms in total. The van der Waals surface area contributed by atoms with Crippen LogP contribution in [-0.4, -0.2) is 50.4 Å². The van der Waals surface area contributed by atoms with Gasteiger partial charge >= 0.3 is 6.09 Å². The van der Waals surface area contributed by atoms with E-state index in [-0.39, 0.29) is 24.0 Å². The minimum atomic E-state index is -0.524. The molecule has 0 aliphatic carbocycles. The first kappa shape index (κ1) is 27.3. The number of ether oxygens (including phenoxy) is 2. The number of carbonyl (C=O) groups excluding carboxylic acids is 1. The summed E-state index contributed by atoms with van der Waals surface area (Å²) in [4.78, 5) is 16.2. The number of guanidine groups is 1. The molecule has 0 spiro atoms. The van der Waals surface area contributed by atoms with Gasteiger partial charge in [-0.25, -0.2) is 4.79 Å². The highest BCUT2D eigenvalue weighted by Gasteiger charge is 2.24. The van der Waals surface area contributed by atoms with Crippen LogP contribution in [0.5, 0.6) is 5.75 Å². The fourth-order valence-electron chi connectivity index (χ4n) is 2.49. The van der Waals surface area contributed by atoms with Gasteiger partial charge in [-0.05, 0) is 65.2 Å². The molecule has 0 aliphatic rings. The highest BCUT2D eigenvalue weighted by atomic mass is 127. The number of carbonyl (C=O) groups is 1. The molecule has 0 saturated heterocycles. The topological polar surface area (TPSA) is 84.0 Å². The number of halogens is 1. The molecule has 0 fully saturated rings. The van der Waals surface area contributed by atoms with Gasteiger partial charge in [0.1, 0.15) is 11.4 Å². The van der Waals surface area contributed by atoms with E-state index in [0.29, 0.717) is 12.5 Å². The zero-order valence-corrected chi connectivity index (χ0v) is 21.3. The number of aliphatic imine (C=N–C) groups is 1. The van der Waals surface area contributed by atoms with Gasteiger partial charge in [-0.15, -0.1) is 24.0 Å². The van der Waals surface area contributed by atoms with Gasteiger partial charge in [-0.2, -0.15) is 0 Å². The van der Waals surface area contributed by atoms with Crippen LogP contribution in [0.1, 0.15) is 45.7 Å². The minimum Gasteiger partial charge on any atom is -0.496 e. The molecular formula is C21H37IN4O3. The average Bonchev–Trinajstić information content (AvgIpc) is 2.56. The smallest absolute Gasteiger partial charge is 0.408 e. The Bertz CT molecular complexity index is 685. The lowest BCUT2D eigenvalue weighted by molar-refractivity contribution is 0.0474. The summed E-state index contributed by atoms with van der Waals surface area (Å²) < 4.78 is 10.7. The average molecular weight is 520 g/mol. The Morgan fingerprint density at radius 3 is 2.34 bits per heavy atom. The molecule has 166 valence electrons. The molecule has 0 bridgehead atoms. The molecule has 0 atom stereocenters. The molecule has 29 heavy (non-hydrogen) atoms. The van der Waals surface area contributed by atoms with Gasteiger partial charge in [0.15, 0.2) is 5.96 Å². The summed E-state index contributed by atoms with van der Waals surface area (Å²) in [5.74, 6) is 1.58. The normalized spacial score (nSPS) is 11.9. The Kier molecular flexibility index (Phi) is 11.4. The van der Waals surface area contributed by atoms with E-state index in [0.717, 1.165) is 24.3 Å². The summed E-state index contributed by atoms with van der Waals surface area (Å²) in [6.07, 6.45) is 0.409. The molecule has 0 aliphatic heterocycles. The number of methoxy groups -OCH3 is 1. The summed E-state index contributed by atoms with van der Waals surface area (Å²) in [6, 6.07) is 6.22. The van der Waals surface area contributed by atoms with E-state index in [4.69, 9.17) is 9.47 Å². The van der Waals surface area contributed by atoms with Crippen molar-refractivity contribution < 1.29 is 14.3 Å². The predicted octanol–water partition coefficient (Wildman–Crippen LogP) is 3.63. The van der Waals surface area contributed by atoms with Crippen LogP contribution < -0.4 is 20.7 Å². The maximum atomic E-state index is 12.0. The van der Waals surface area contributed by atoms with E-state index in [2.05, 4.69) is 39.1 Å². The van der Waals surface area contributed by atoms with Crippen LogP contribution in [0.3, 0.4) is 0 Å². The second kappa shape index (κ2) is 12.1. The molecule has 0 saturated carbocycles. The summed E-state index contributed by atoms with van der Waals surface area (Å²) >= 11 is 0. The van der Waals surface area contributed by atoms with Crippen molar-refractivity contribution in [2.24, 2.45) is 4.99 Å². The fourth-order valence-corrected chi connectivity index (χ4v) is 2.49. The van der Waals surface area contributed by atoms with E-state index in [1.807, 2.05) is 41.5 Å². The molecule has 0 heterocycles. The van der Waals surface area contributed by atoms with Gasteiger partial charge in [0, 0.05) is 20.1 Å². The van der Waals surface area contributed by atoms with Crippen molar-refractivity contribution in [3.05, 3.63) is 29.3 Å². The van der Waals surface area contributed by atoms with Crippen LogP contribution in [0.4, 0.5) is 4.79 Å². The highest BCUT2D eigenvalue weighted by molar-refractivity contribution is 14.0. The van der Waals surface area contributed by atoms with Gasteiger partial charge in [-0.3, -0.25) is 4.99 Å². The van der Waals surface area contributed by atoms with Crippen molar-refractivity contribution in [3.8, 4) is 5.75 Å². The Hall–Kier alpha value is -1.71. The lowest BCUT2D eigenvalue weighted by Crippen LogP contribution is -2.54. The molecule has 1 aromatic carbocycles. The summed E-state index contributed by atoms with van der Waals surface area (Å²) in [6.45, 7) is 12.6. The molecule has 0 aromatic heterocycles. The Balaban J connectivity index is 0.00000784. The van der Waals surface area contributed by atoms with Gasteiger partial charge in [-0.1, -0.05) is 12.1 Å². The second-order valence-corrected chi connectivity index (χ2v) is 8.42. The summed E-state index contributed by atoms with van der Waals surface area (Å²) in [7, 11) is 3.40. The van der Waals surface area contributed by atoms with Crippen molar-refractivity contribution in [1.82, 2.24) is 16.0 Å². The Morgan fingerprint density at radius 1 is 1.14 bits per heavy atom. The zero-order valence-electron chi connectivity index (χ0n) is 18.9.